The molecular weight excluding hydrogens is 271 g/mol. The fraction of sp³-hybridized carbons (Fsp3) is 0.188. The molecular formula is C16H17FN2O2. The Morgan fingerprint density at radius 1 is 1.24 bits per heavy atom. The number of carbonyl (C=O) groups excluding carboxylic acids is 1. The standard InChI is InChI=1S/C16H17FN2O2/c1-19(10-11-6-8-12(21-2)9-7-11)16(20)13-4-3-5-14(17)15(13)18/h3-9H,10,18H2,1-2H3. The molecule has 0 radical (unpaired) electrons. The Labute approximate surface area is 122 Å². The molecule has 21 heavy (non-hydrogen) atoms. The van der Waals surface area contributed by atoms with Crippen LogP contribution in [-0.2, 0) is 6.54 Å². The first-order valence-corrected chi connectivity index (χ1v) is 6.45. The molecule has 110 valence electrons. The third-order valence-corrected chi connectivity index (χ3v) is 3.21. The number of nitrogens with two attached hydrogens (primary N) is 1. The second-order valence-electron chi connectivity index (χ2n) is 4.71. The lowest BCUT2D eigenvalue weighted by Crippen LogP contribution is -2.27. The van der Waals surface area contributed by atoms with Gasteiger partial charge in [-0.1, -0.05) is 18.2 Å². The van der Waals surface area contributed by atoms with Crippen molar-refractivity contribution in [1.29, 1.82) is 0 Å². The molecule has 5 heteroatoms. The highest BCUT2D eigenvalue weighted by molar-refractivity contribution is 5.99. The summed E-state index contributed by atoms with van der Waals surface area (Å²) >= 11 is 0. The number of hydrogen-bond acceptors (Lipinski definition) is 3. The number of nitrogen functional groups attached to an aromatic ring is 1. The van der Waals surface area contributed by atoms with Gasteiger partial charge in [-0.2, -0.15) is 0 Å². The van der Waals surface area contributed by atoms with Gasteiger partial charge in [0.05, 0.1) is 18.4 Å². The van der Waals surface area contributed by atoms with Crippen LogP contribution in [0.2, 0.25) is 0 Å². The molecule has 0 spiro atoms. The minimum Gasteiger partial charge on any atom is -0.497 e. The Balaban J connectivity index is 2.13. The second-order valence-corrected chi connectivity index (χ2v) is 4.71. The largest absolute Gasteiger partial charge is 0.497 e. The van der Waals surface area contributed by atoms with Crippen LogP contribution in [0.5, 0.6) is 5.75 Å². The molecule has 0 heterocycles. The number of nitrogens with zero attached hydrogens (tertiary/aromatic N) is 1. The van der Waals surface area contributed by atoms with E-state index in [1.807, 2.05) is 24.3 Å². The maximum Gasteiger partial charge on any atom is 0.256 e. The molecule has 0 saturated heterocycles. The fourth-order valence-electron chi connectivity index (χ4n) is 2.01. The van der Waals surface area contributed by atoms with Gasteiger partial charge < -0.3 is 15.4 Å². The fourth-order valence-corrected chi connectivity index (χ4v) is 2.01. The number of para-hydroxylation sites is 1. The van der Waals surface area contributed by atoms with Gasteiger partial charge in [0, 0.05) is 13.6 Å². The normalized spacial score (nSPS) is 10.2. The summed E-state index contributed by atoms with van der Waals surface area (Å²) in [7, 11) is 3.24. The quantitative estimate of drug-likeness (QED) is 0.880. The van der Waals surface area contributed by atoms with Crippen LogP contribution in [0.4, 0.5) is 10.1 Å². The number of rotatable bonds is 4. The smallest absolute Gasteiger partial charge is 0.256 e. The highest BCUT2D eigenvalue weighted by atomic mass is 19.1. The van der Waals surface area contributed by atoms with Crippen molar-refractivity contribution >= 4 is 11.6 Å². The third kappa shape index (κ3) is 3.31. The van der Waals surface area contributed by atoms with Crippen LogP contribution in [0.3, 0.4) is 0 Å². The highest BCUT2D eigenvalue weighted by Crippen LogP contribution is 2.19. The zero-order valence-electron chi connectivity index (χ0n) is 12.0. The molecule has 4 nitrogen and oxygen atoms in total. The second kappa shape index (κ2) is 6.26. The van der Waals surface area contributed by atoms with E-state index in [2.05, 4.69) is 0 Å². The van der Waals surface area contributed by atoms with E-state index in [1.165, 1.54) is 23.1 Å². The average Bonchev–Trinajstić information content (AvgIpc) is 2.50. The monoisotopic (exact) mass is 288 g/mol. The Kier molecular flexibility index (Phi) is 4.42. The number of hydrogen-bond donors (Lipinski definition) is 1. The molecule has 0 aliphatic carbocycles. The molecule has 0 aliphatic rings. The zero-order valence-corrected chi connectivity index (χ0v) is 12.0. The molecule has 0 fully saturated rings. The minimum absolute atomic E-state index is 0.121. The van der Waals surface area contributed by atoms with Crippen LogP contribution in [0.1, 0.15) is 15.9 Å². The first-order chi connectivity index (χ1) is 10.0. The van der Waals surface area contributed by atoms with Crippen molar-refractivity contribution in [2.45, 2.75) is 6.54 Å². The van der Waals surface area contributed by atoms with Gasteiger partial charge in [-0.15, -0.1) is 0 Å². The van der Waals surface area contributed by atoms with Crippen molar-refractivity contribution in [2.24, 2.45) is 0 Å². The summed E-state index contributed by atoms with van der Waals surface area (Å²) in [4.78, 5) is 13.8. The van der Waals surface area contributed by atoms with Gasteiger partial charge in [-0.25, -0.2) is 4.39 Å². The van der Waals surface area contributed by atoms with Gasteiger partial charge in [0.2, 0.25) is 0 Å². The molecule has 0 atom stereocenters. The van der Waals surface area contributed by atoms with Gasteiger partial charge >= 0.3 is 0 Å². The molecule has 1 amide bonds. The van der Waals surface area contributed by atoms with Crippen molar-refractivity contribution in [2.75, 3.05) is 19.9 Å². The summed E-state index contributed by atoms with van der Waals surface area (Å²) in [5.74, 6) is -0.149. The first kappa shape index (κ1) is 14.8. The SMILES string of the molecule is COc1ccc(CN(C)C(=O)c2cccc(F)c2N)cc1. The molecule has 2 rings (SSSR count). The number of methoxy groups -OCH3 is 1. The molecule has 0 aromatic heterocycles. The van der Waals surface area contributed by atoms with E-state index in [1.54, 1.807) is 14.2 Å². The average molecular weight is 288 g/mol. The van der Waals surface area contributed by atoms with Crippen LogP contribution in [0.15, 0.2) is 42.5 Å². The van der Waals surface area contributed by atoms with E-state index in [0.29, 0.717) is 6.54 Å². The molecule has 0 bridgehead atoms. The van der Waals surface area contributed by atoms with E-state index in [-0.39, 0.29) is 17.2 Å². The molecule has 2 aromatic carbocycles. The maximum atomic E-state index is 13.4. The Morgan fingerprint density at radius 2 is 1.90 bits per heavy atom. The summed E-state index contributed by atoms with van der Waals surface area (Å²) in [6.07, 6.45) is 0. The van der Waals surface area contributed by atoms with Crippen molar-refractivity contribution in [3.8, 4) is 5.75 Å². The van der Waals surface area contributed by atoms with Crippen molar-refractivity contribution in [1.82, 2.24) is 4.90 Å². The van der Waals surface area contributed by atoms with E-state index < -0.39 is 5.82 Å². The Hall–Kier alpha value is -2.56. The number of benzene rings is 2. The summed E-state index contributed by atoms with van der Waals surface area (Å²) in [6, 6.07) is 11.6. The lowest BCUT2D eigenvalue weighted by atomic mass is 10.1. The van der Waals surface area contributed by atoms with Crippen LogP contribution in [0, 0.1) is 5.82 Å². The van der Waals surface area contributed by atoms with Crippen LogP contribution in [0.25, 0.3) is 0 Å². The van der Waals surface area contributed by atoms with Crippen LogP contribution >= 0.6 is 0 Å². The first-order valence-electron chi connectivity index (χ1n) is 6.45. The topological polar surface area (TPSA) is 55.6 Å². The highest BCUT2D eigenvalue weighted by Gasteiger charge is 2.16. The molecule has 0 saturated carbocycles. The van der Waals surface area contributed by atoms with E-state index in [9.17, 15) is 9.18 Å². The number of halogens is 1. The van der Waals surface area contributed by atoms with Crippen LogP contribution in [-0.4, -0.2) is 25.0 Å². The van der Waals surface area contributed by atoms with Crippen molar-refractivity contribution in [3.63, 3.8) is 0 Å². The van der Waals surface area contributed by atoms with Gasteiger partial charge in [0.25, 0.3) is 5.91 Å². The number of carbonyl (C=O) groups is 1. The van der Waals surface area contributed by atoms with Crippen molar-refractivity contribution in [3.05, 3.63) is 59.4 Å². The summed E-state index contributed by atoms with van der Waals surface area (Å²) in [5, 5.41) is 0. The molecule has 2 aromatic rings. The predicted octanol–water partition coefficient (Wildman–Crippen LogP) is 2.69. The molecule has 0 aliphatic heterocycles. The van der Waals surface area contributed by atoms with Crippen LogP contribution < -0.4 is 10.5 Å². The number of amides is 1. The van der Waals surface area contributed by atoms with E-state index in [4.69, 9.17) is 10.5 Å². The third-order valence-electron chi connectivity index (χ3n) is 3.21. The lowest BCUT2D eigenvalue weighted by Gasteiger charge is -2.18. The van der Waals surface area contributed by atoms with Gasteiger partial charge in [-0.05, 0) is 29.8 Å². The zero-order chi connectivity index (χ0) is 15.4. The number of ether oxygens (including phenoxy) is 1. The number of anilines is 1. The summed E-state index contributed by atoms with van der Waals surface area (Å²) in [6.45, 7) is 0.402. The summed E-state index contributed by atoms with van der Waals surface area (Å²) < 4.78 is 18.5. The lowest BCUT2D eigenvalue weighted by molar-refractivity contribution is 0.0785. The van der Waals surface area contributed by atoms with Gasteiger partial charge in [-0.3, -0.25) is 4.79 Å². The predicted molar refractivity (Wildman–Crippen MR) is 79.6 cm³/mol. The van der Waals surface area contributed by atoms with E-state index in [0.717, 1.165) is 11.3 Å². The van der Waals surface area contributed by atoms with Gasteiger partial charge in [0.15, 0.2) is 0 Å². The Bertz CT molecular complexity index is 641. The Morgan fingerprint density at radius 3 is 2.52 bits per heavy atom. The van der Waals surface area contributed by atoms with E-state index >= 15 is 0 Å². The summed E-state index contributed by atoms with van der Waals surface area (Å²) in [5.41, 5.74) is 6.61. The maximum absolute atomic E-state index is 13.4. The molecule has 2 N–H and O–H groups in total. The van der Waals surface area contributed by atoms with Crippen molar-refractivity contribution < 1.29 is 13.9 Å². The minimum atomic E-state index is -0.585. The molecule has 0 unspecified atom stereocenters. The van der Waals surface area contributed by atoms with Gasteiger partial charge in [0.1, 0.15) is 11.6 Å².